The SMILES string of the molecule is C=CCN(CC(F)C(F)F)c1nn(Cc2ccc(OC)cc2)cc1C(=O)N(C)OC. The van der Waals surface area contributed by atoms with Gasteiger partial charge in [-0.15, -0.1) is 6.58 Å². The van der Waals surface area contributed by atoms with Crippen LogP contribution in [0.5, 0.6) is 5.75 Å². The molecule has 0 fully saturated rings. The minimum Gasteiger partial charge on any atom is -0.497 e. The molecule has 0 aliphatic heterocycles. The van der Waals surface area contributed by atoms with Gasteiger partial charge in [0.15, 0.2) is 12.0 Å². The predicted molar refractivity (Wildman–Crippen MR) is 107 cm³/mol. The van der Waals surface area contributed by atoms with Crippen molar-refractivity contribution in [2.75, 3.05) is 39.3 Å². The molecule has 2 rings (SSSR count). The van der Waals surface area contributed by atoms with Crippen molar-refractivity contribution in [1.29, 1.82) is 0 Å². The van der Waals surface area contributed by atoms with Gasteiger partial charge in [0.2, 0.25) is 0 Å². The van der Waals surface area contributed by atoms with Gasteiger partial charge in [0.05, 0.1) is 27.3 Å². The van der Waals surface area contributed by atoms with Gasteiger partial charge in [-0.25, -0.2) is 18.2 Å². The van der Waals surface area contributed by atoms with Crippen LogP contribution >= 0.6 is 0 Å². The fraction of sp³-hybridized carbons (Fsp3) is 0.400. The quantitative estimate of drug-likeness (QED) is 0.408. The summed E-state index contributed by atoms with van der Waals surface area (Å²) in [6, 6.07) is 7.23. The van der Waals surface area contributed by atoms with Gasteiger partial charge in [-0.2, -0.15) is 5.10 Å². The van der Waals surface area contributed by atoms with Crippen molar-refractivity contribution < 1.29 is 27.5 Å². The third kappa shape index (κ3) is 5.76. The first-order chi connectivity index (χ1) is 14.3. The molecule has 1 aromatic carbocycles. The van der Waals surface area contributed by atoms with Crippen LogP contribution in [0.4, 0.5) is 19.0 Å². The van der Waals surface area contributed by atoms with Crippen LogP contribution in [0, 0.1) is 0 Å². The summed E-state index contributed by atoms with van der Waals surface area (Å²) >= 11 is 0. The minimum absolute atomic E-state index is 0.0314. The van der Waals surface area contributed by atoms with Gasteiger partial charge in [-0.05, 0) is 17.7 Å². The van der Waals surface area contributed by atoms with E-state index in [-0.39, 0.29) is 17.9 Å². The van der Waals surface area contributed by atoms with Crippen LogP contribution in [-0.2, 0) is 11.4 Å². The molecule has 0 radical (unpaired) electrons. The first-order valence-corrected chi connectivity index (χ1v) is 9.11. The highest BCUT2D eigenvalue weighted by Crippen LogP contribution is 2.23. The molecular weight excluding hydrogens is 401 g/mol. The molecule has 10 heteroatoms. The molecule has 164 valence electrons. The van der Waals surface area contributed by atoms with Gasteiger partial charge in [0, 0.05) is 19.8 Å². The second-order valence-corrected chi connectivity index (χ2v) is 6.44. The Morgan fingerprint density at radius 3 is 2.47 bits per heavy atom. The van der Waals surface area contributed by atoms with E-state index in [1.165, 1.54) is 36.0 Å². The number of halogens is 3. The lowest BCUT2D eigenvalue weighted by Crippen LogP contribution is -2.36. The van der Waals surface area contributed by atoms with E-state index in [4.69, 9.17) is 9.57 Å². The summed E-state index contributed by atoms with van der Waals surface area (Å²) < 4.78 is 46.0. The molecule has 2 aromatic rings. The highest BCUT2D eigenvalue weighted by atomic mass is 19.3. The Bertz CT molecular complexity index is 842. The largest absolute Gasteiger partial charge is 0.497 e. The van der Waals surface area contributed by atoms with E-state index >= 15 is 0 Å². The molecule has 0 saturated carbocycles. The highest BCUT2D eigenvalue weighted by Gasteiger charge is 2.28. The van der Waals surface area contributed by atoms with E-state index in [2.05, 4.69) is 11.7 Å². The summed E-state index contributed by atoms with van der Waals surface area (Å²) in [5.74, 6) is 0.214. The number of hydrogen-bond acceptors (Lipinski definition) is 5. The molecule has 7 nitrogen and oxygen atoms in total. The van der Waals surface area contributed by atoms with Crippen molar-refractivity contribution in [3.8, 4) is 5.75 Å². The first kappa shape index (κ1) is 23.3. The smallest absolute Gasteiger partial charge is 0.282 e. The average molecular weight is 426 g/mol. The molecule has 30 heavy (non-hydrogen) atoms. The van der Waals surface area contributed by atoms with E-state index < -0.39 is 25.0 Å². The van der Waals surface area contributed by atoms with Gasteiger partial charge in [-0.3, -0.25) is 14.3 Å². The number of anilines is 1. The van der Waals surface area contributed by atoms with Gasteiger partial charge in [0.25, 0.3) is 12.3 Å². The number of methoxy groups -OCH3 is 1. The molecule has 1 amide bonds. The molecular formula is C20H25F3N4O3. The number of alkyl halides is 3. The summed E-state index contributed by atoms with van der Waals surface area (Å²) in [5.41, 5.74) is 0.964. The number of rotatable bonds is 11. The third-order valence-electron chi connectivity index (χ3n) is 4.35. The third-order valence-corrected chi connectivity index (χ3v) is 4.35. The van der Waals surface area contributed by atoms with Crippen LogP contribution in [0.25, 0.3) is 0 Å². The Morgan fingerprint density at radius 1 is 1.27 bits per heavy atom. The van der Waals surface area contributed by atoms with Crippen LogP contribution in [0.2, 0.25) is 0 Å². The van der Waals surface area contributed by atoms with Crippen LogP contribution in [0.3, 0.4) is 0 Å². The molecule has 1 unspecified atom stereocenters. The number of ether oxygens (including phenoxy) is 1. The van der Waals surface area contributed by atoms with E-state index in [0.29, 0.717) is 12.3 Å². The Labute approximate surface area is 173 Å². The van der Waals surface area contributed by atoms with Crippen molar-refractivity contribution in [1.82, 2.24) is 14.8 Å². The van der Waals surface area contributed by atoms with Gasteiger partial charge >= 0.3 is 0 Å². The fourth-order valence-corrected chi connectivity index (χ4v) is 2.74. The Hall–Kier alpha value is -3.01. The molecule has 1 heterocycles. The van der Waals surface area contributed by atoms with Crippen molar-refractivity contribution in [2.45, 2.75) is 19.1 Å². The first-order valence-electron chi connectivity index (χ1n) is 9.11. The van der Waals surface area contributed by atoms with E-state index in [1.54, 1.807) is 19.2 Å². The van der Waals surface area contributed by atoms with Crippen LogP contribution in [0.15, 0.2) is 43.1 Å². The number of nitrogens with zero attached hydrogens (tertiary/aromatic N) is 4. The van der Waals surface area contributed by atoms with E-state index in [9.17, 15) is 18.0 Å². The number of carbonyl (C=O) groups is 1. The number of hydroxylamine groups is 2. The zero-order chi connectivity index (χ0) is 22.3. The zero-order valence-electron chi connectivity index (χ0n) is 17.1. The maximum Gasteiger partial charge on any atom is 0.282 e. The fourth-order valence-electron chi connectivity index (χ4n) is 2.74. The number of amides is 1. The van der Waals surface area contributed by atoms with Crippen LogP contribution < -0.4 is 9.64 Å². The second-order valence-electron chi connectivity index (χ2n) is 6.44. The second kappa shape index (κ2) is 10.7. The maximum absolute atomic E-state index is 13.8. The molecule has 1 aromatic heterocycles. The monoisotopic (exact) mass is 426 g/mol. The van der Waals surface area contributed by atoms with Crippen molar-refractivity contribution >= 4 is 11.7 Å². The molecule has 0 N–H and O–H groups in total. The number of aromatic nitrogens is 2. The number of hydrogen-bond donors (Lipinski definition) is 0. The topological polar surface area (TPSA) is 59.8 Å². The minimum atomic E-state index is -3.15. The van der Waals surface area contributed by atoms with Gasteiger partial charge < -0.3 is 9.64 Å². The summed E-state index contributed by atoms with van der Waals surface area (Å²) in [6.07, 6.45) is -2.66. The maximum atomic E-state index is 13.8. The van der Waals surface area contributed by atoms with Gasteiger partial charge in [-0.1, -0.05) is 18.2 Å². The van der Waals surface area contributed by atoms with Crippen molar-refractivity contribution in [3.05, 3.63) is 54.2 Å². The Morgan fingerprint density at radius 2 is 1.93 bits per heavy atom. The summed E-state index contributed by atoms with van der Waals surface area (Å²) in [6.45, 7) is 3.27. The lowest BCUT2D eigenvalue weighted by Gasteiger charge is -2.24. The molecule has 0 aliphatic rings. The standard InChI is InChI=1S/C20H25F3N4O3/c1-5-10-26(13-17(21)18(22)23)19-16(20(28)25(2)30-4)12-27(24-19)11-14-6-8-15(29-3)9-7-14/h5-9,12,17-18H,1,10-11,13H2,2-4H3. The summed E-state index contributed by atoms with van der Waals surface area (Å²) in [4.78, 5) is 18.9. The molecule has 0 spiro atoms. The van der Waals surface area contributed by atoms with E-state index in [1.807, 2.05) is 12.1 Å². The summed E-state index contributed by atoms with van der Waals surface area (Å²) in [5, 5.41) is 5.34. The van der Waals surface area contributed by atoms with Crippen molar-refractivity contribution in [2.24, 2.45) is 0 Å². The normalized spacial score (nSPS) is 12.0. The predicted octanol–water partition coefficient (Wildman–Crippen LogP) is 3.17. The Kier molecular flexibility index (Phi) is 8.28. The van der Waals surface area contributed by atoms with Crippen molar-refractivity contribution in [3.63, 3.8) is 0 Å². The average Bonchev–Trinajstić information content (AvgIpc) is 3.16. The molecule has 0 saturated heterocycles. The lowest BCUT2D eigenvalue weighted by atomic mass is 10.2. The number of carbonyl (C=O) groups excluding carboxylic acids is 1. The number of benzene rings is 1. The molecule has 0 bridgehead atoms. The Balaban J connectivity index is 2.41. The summed E-state index contributed by atoms with van der Waals surface area (Å²) in [7, 11) is 4.28. The van der Waals surface area contributed by atoms with Gasteiger partial charge in [0.1, 0.15) is 11.3 Å². The lowest BCUT2D eigenvalue weighted by molar-refractivity contribution is -0.0756. The van der Waals surface area contributed by atoms with E-state index in [0.717, 1.165) is 10.6 Å². The molecule has 0 aliphatic carbocycles. The molecule has 1 atom stereocenters. The highest BCUT2D eigenvalue weighted by molar-refractivity contribution is 5.98. The zero-order valence-corrected chi connectivity index (χ0v) is 17.1. The van der Waals surface area contributed by atoms with Crippen LogP contribution in [0.1, 0.15) is 15.9 Å². The van der Waals surface area contributed by atoms with Crippen LogP contribution in [-0.4, -0.2) is 67.7 Å².